The fourth-order valence-corrected chi connectivity index (χ4v) is 2.51. The van der Waals surface area contributed by atoms with E-state index in [1.807, 2.05) is 6.07 Å². The highest BCUT2D eigenvalue weighted by Crippen LogP contribution is 2.29. The van der Waals surface area contributed by atoms with Gasteiger partial charge in [0.1, 0.15) is 11.1 Å². The standard InChI is InChI=1S/C12H14N4O2/c13-10-3-4-11(14-5-1-2-6-14)12-9(10)7-15(17)8-16(12)18/h3-4,7-8H,1-2,5-6,13H2. The third-order valence-corrected chi connectivity index (χ3v) is 3.37. The van der Waals surface area contributed by atoms with Crippen molar-refractivity contribution in [3.8, 4) is 0 Å². The Morgan fingerprint density at radius 3 is 2.61 bits per heavy atom. The summed E-state index contributed by atoms with van der Waals surface area (Å²) < 4.78 is 1.09. The lowest BCUT2D eigenvalue weighted by Crippen LogP contribution is -2.41. The Kier molecular flexibility index (Phi) is 2.36. The molecule has 1 saturated heterocycles. The first-order chi connectivity index (χ1) is 8.66. The van der Waals surface area contributed by atoms with E-state index in [1.165, 1.54) is 6.20 Å². The van der Waals surface area contributed by atoms with E-state index in [2.05, 4.69) is 4.90 Å². The van der Waals surface area contributed by atoms with Gasteiger partial charge in [-0.3, -0.25) is 0 Å². The number of aromatic nitrogens is 2. The Balaban J connectivity index is 2.29. The second-order valence-corrected chi connectivity index (χ2v) is 4.56. The van der Waals surface area contributed by atoms with Gasteiger partial charge < -0.3 is 21.0 Å². The first-order valence-electron chi connectivity index (χ1n) is 5.96. The molecule has 6 nitrogen and oxygen atoms in total. The first-order valence-corrected chi connectivity index (χ1v) is 5.96. The lowest BCUT2D eigenvalue weighted by Gasteiger charge is -2.18. The first kappa shape index (κ1) is 10.9. The van der Waals surface area contributed by atoms with Gasteiger partial charge in [0.15, 0.2) is 0 Å². The maximum Gasteiger partial charge on any atom is 0.430 e. The van der Waals surface area contributed by atoms with Crippen LogP contribution in [0.1, 0.15) is 12.8 Å². The summed E-state index contributed by atoms with van der Waals surface area (Å²) in [5, 5.41) is 23.8. The molecular weight excluding hydrogens is 232 g/mol. The van der Waals surface area contributed by atoms with Crippen LogP contribution in [0.3, 0.4) is 0 Å². The van der Waals surface area contributed by atoms with E-state index in [-0.39, 0.29) is 0 Å². The Bertz CT molecular complexity index is 609. The molecule has 0 aliphatic carbocycles. The zero-order valence-corrected chi connectivity index (χ0v) is 9.87. The average Bonchev–Trinajstić information content (AvgIpc) is 2.84. The maximum atomic E-state index is 11.9. The normalized spacial score (nSPS) is 15.4. The van der Waals surface area contributed by atoms with Crippen LogP contribution in [0.5, 0.6) is 0 Å². The number of benzene rings is 1. The van der Waals surface area contributed by atoms with Crippen molar-refractivity contribution >= 4 is 22.3 Å². The molecule has 0 amide bonds. The van der Waals surface area contributed by atoms with Gasteiger partial charge >= 0.3 is 6.33 Å². The van der Waals surface area contributed by atoms with Crippen molar-refractivity contribution in [2.75, 3.05) is 23.7 Å². The minimum Gasteiger partial charge on any atom is -0.614 e. The molecule has 1 aromatic carbocycles. The summed E-state index contributed by atoms with van der Waals surface area (Å²) in [7, 11) is 0. The molecule has 0 unspecified atom stereocenters. The molecule has 6 heteroatoms. The predicted molar refractivity (Wildman–Crippen MR) is 67.7 cm³/mol. The van der Waals surface area contributed by atoms with Gasteiger partial charge in [0, 0.05) is 13.1 Å². The molecule has 0 bridgehead atoms. The number of fused-ring (bicyclic) bond motifs is 1. The van der Waals surface area contributed by atoms with Gasteiger partial charge in [0.05, 0.1) is 5.69 Å². The van der Waals surface area contributed by atoms with Crippen LogP contribution in [0, 0.1) is 10.4 Å². The average molecular weight is 246 g/mol. The van der Waals surface area contributed by atoms with E-state index in [9.17, 15) is 10.4 Å². The molecule has 0 spiro atoms. The van der Waals surface area contributed by atoms with E-state index in [0.29, 0.717) is 26.1 Å². The Labute approximate surface area is 104 Å². The number of hydrogen-bond acceptors (Lipinski definition) is 4. The lowest BCUT2D eigenvalue weighted by atomic mass is 10.1. The van der Waals surface area contributed by atoms with Crippen LogP contribution in [-0.2, 0) is 0 Å². The summed E-state index contributed by atoms with van der Waals surface area (Å²) in [6.45, 7) is 1.87. The molecule has 18 heavy (non-hydrogen) atoms. The van der Waals surface area contributed by atoms with Gasteiger partial charge in [-0.2, -0.15) is 0 Å². The highest BCUT2D eigenvalue weighted by atomic mass is 16.5. The van der Waals surface area contributed by atoms with Crippen molar-refractivity contribution in [2.24, 2.45) is 0 Å². The summed E-state index contributed by atoms with van der Waals surface area (Å²) in [5.74, 6) is 0. The molecular formula is C12H14N4O2. The molecule has 2 N–H and O–H groups in total. The van der Waals surface area contributed by atoms with Gasteiger partial charge in [-0.25, -0.2) is 0 Å². The van der Waals surface area contributed by atoms with Gasteiger partial charge in [0.2, 0.25) is 6.20 Å². The van der Waals surface area contributed by atoms with Crippen molar-refractivity contribution in [1.29, 1.82) is 0 Å². The molecule has 0 saturated carbocycles. The van der Waals surface area contributed by atoms with Gasteiger partial charge in [-0.1, -0.05) is 0 Å². The van der Waals surface area contributed by atoms with Gasteiger partial charge in [-0.05, 0) is 25.0 Å². The number of hydrogen-bond donors (Lipinski definition) is 1. The van der Waals surface area contributed by atoms with E-state index in [0.717, 1.165) is 37.9 Å². The number of nitrogens with two attached hydrogens (primary N) is 1. The number of anilines is 2. The molecule has 1 aliphatic rings. The topological polar surface area (TPSA) is 83.1 Å². The van der Waals surface area contributed by atoms with E-state index in [4.69, 9.17) is 5.73 Å². The number of nitrogens with zero attached hydrogens (tertiary/aromatic N) is 3. The fourth-order valence-electron chi connectivity index (χ4n) is 2.51. The van der Waals surface area contributed by atoms with Crippen LogP contribution in [0.4, 0.5) is 11.4 Å². The largest absolute Gasteiger partial charge is 0.614 e. The van der Waals surface area contributed by atoms with Crippen molar-refractivity contribution < 1.29 is 9.46 Å². The molecule has 0 radical (unpaired) electrons. The highest BCUT2D eigenvalue weighted by molar-refractivity contribution is 5.95. The molecule has 3 rings (SSSR count). The van der Waals surface area contributed by atoms with E-state index >= 15 is 0 Å². The summed E-state index contributed by atoms with van der Waals surface area (Å²) in [6, 6.07) is 3.60. The summed E-state index contributed by atoms with van der Waals surface area (Å²) in [6.07, 6.45) is 4.57. The van der Waals surface area contributed by atoms with Crippen LogP contribution in [0.25, 0.3) is 10.9 Å². The third kappa shape index (κ3) is 1.57. The molecule has 94 valence electrons. The second-order valence-electron chi connectivity index (χ2n) is 4.56. The monoisotopic (exact) mass is 246 g/mol. The fraction of sp³-hybridized carbons (Fsp3) is 0.333. The summed E-state index contributed by atoms with van der Waals surface area (Å²) in [5.41, 5.74) is 7.62. The van der Waals surface area contributed by atoms with Gasteiger partial charge in [0.25, 0.3) is 5.52 Å². The van der Waals surface area contributed by atoms with E-state index in [1.54, 1.807) is 6.07 Å². The van der Waals surface area contributed by atoms with Crippen molar-refractivity contribution in [3.63, 3.8) is 0 Å². The lowest BCUT2D eigenvalue weighted by molar-refractivity contribution is -0.730. The van der Waals surface area contributed by atoms with Crippen LogP contribution >= 0.6 is 0 Å². The van der Waals surface area contributed by atoms with Crippen molar-refractivity contribution in [1.82, 2.24) is 0 Å². The van der Waals surface area contributed by atoms with Crippen molar-refractivity contribution in [3.05, 3.63) is 35.1 Å². The van der Waals surface area contributed by atoms with Crippen LogP contribution < -0.4 is 20.1 Å². The van der Waals surface area contributed by atoms with Crippen molar-refractivity contribution in [2.45, 2.75) is 12.8 Å². The molecule has 2 aromatic rings. The molecule has 1 aromatic heterocycles. The molecule has 1 aliphatic heterocycles. The van der Waals surface area contributed by atoms with Crippen LogP contribution in [0.2, 0.25) is 0 Å². The highest BCUT2D eigenvalue weighted by Gasteiger charge is 2.22. The second kappa shape index (κ2) is 3.90. The van der Waals surface area contributed by atoms with Crippen LogP contribution in [-0.4, -0.2) is 13.1 Å². The minimum absolute atomic E-state index is 0.447. The Morgan fingerprint density at radius 1 is 1.17 bits per heavy atom. The smallest absolute Gasteiger partial charge is 0.430 e. The number of rotatable bonds is 1. The Morgan fingerprint density at radius 2 is 1.89 bits per heavy atom. The number of nitrogen functional groups attached to an aromatic ring is 1. The summed E-state index contributed by atoms with van der Waals surface area (Å²) in [4.78, 5) is 2.16. The molecule has 1 fully saturated rings. The van der Waals surface area contributed by atoms with Gasteiger partial charge in [-0.15, -0.1) is 9.46 Å². The zero-order valence-electron chi connectivity index (χ0n) is 9.87. The SMILES string of the molecule is Nc1ccc(N2CCCC2)c2c1c[n+]([O-])c[n+]2[O-]. The predicted octanol–water partition coefficient (Wildman–Crippen LogP) is 0.289. The third-order valence-electron chi connectivity index (χ3n) is 3.37. The molecule has 2 heterocycles. The minimum atomic E-state index is 0.447. The zero-order chi connectivity index (χ0) is 12.7. The van der Waals surface area contributed by atoms with E-state index < -0.39 is 0 Å². The Hall–Kier alpha value is -2.24. The maximum absolute atomic E-state index is 11.9. The summed E-state index contributed by atoms with van der Waals surface area (Å²) >= 11 is 0. The van der Waals surface area contributed by atoms with Crippen LogP contribution in [0.15, 0.2) is 24.7 Å². The quantitative estimate of drug-likeness (QED) is 0.445. The molecule has 0 atom stereocenters.